The Morgan fingerprint density at radius 3 is 2.54 bits per heavy atom. The summed E-state index contributed by atoms with van der Waals surface area (Å²) in [5, 5.41) is 16.7. The lowest BCUT2D eigenvalue weighted by Crippen LogP contribution is -2.38. The molecule has 0 bridgehead atoms. The van der Waals surface area contributed by atoms with Gasteiger partial charge < -0.3 is 9.64 Å². The summed E-state index contributed by atoms with van der Waals surface area (Å²) in [7, 11) is 0. The molecular formula is C28H31N5O2. The zero-order chi connectivity index (χ0) is 24.4. The van der Waals surface area contributed by atoms with E-state index in [0.29, 0.717) is 43.4 Å². The molecule has 1 saturated carbocycles. The van der Waals surface area contributed by atoms with Crippen molar-refractivity contribution in [2.45, 2.75) is 57.8 Å². The van der Waals surface area contributed by atoms with Gasteiger partial charge in [-0.3, -0.25) is 9.89 Å². The van der Waals surface area contributed by atoms with Gasteiger partial charge in [-0.2, -0.15) is 10.2 Å². The van der Waals surface area contributed by atoms with Gasteiger partial charge in [-0.1, -0.05) is 31.2 Å². The molecule has 35 heavy (non-hydrogen) atoms. The van der Waals surface area contributed by atoms with Crippen molar-refractivity contribution in [3.63, 3.8) is 0 Å². The fraction of sp³-hybridized carbons (Fsp3) is 0.429. The Bertz CT molecular complexity index is 1260. The molecule has 1 aromatic heterocycles. The third kappa shape index (κ3) is 4.66. The quantitative estimate of drug-likeness (QED) is 0.513. The summed E-state index contributed by atoms with van der Waals surface area (Å²) in [6.45, 7) is 5.88. The third-order valence-corrected chi connectivity index (χ3v) is 7.20. The van der Waals surface area contributed by atoms with Crippen LogP contribution < -0.4 is 4.74 Å². The zero-order valence-corrected chi connectivity index (χ0v) is 20.4. The van der Waals surface area contributed by atoms with Crippen LogP contribution in [-0.2, 0) is 6.42 Å². The third-order valence-electron chi connectivity index (χ3n) is 7.20. The van der Waals surface area contributed by atoms with Crippen molar-refractivity contribution in [2.24, 2.45) is 0 Å². The molecule has 1 aliphatic carbocycles. The number of benzene rings is 2. The molecule has 1 amide bonds. The van der Waals surface area contributed by atoms with Crippen molar-refractivity contribution >= 4 is 5.91 Å². The minimum atomic E-state index is 0.0713. The Hall–Kier alpha value is -3.66. The van der Waals surface area contributed by atoms with Gasteiger partial charge in [0.15, 0.2) is 5.82 Å². The first-order valence-corrected chi connectivity index (χ1v) is 12.6. The second-order valence-electron chi connectivity index (χ2n) is 9.39. The van der Waals surface area contributed by atoms with Gasteiger partial charge in [0.25, 0.3) is 5.91 Å². The van der Waals surface area contributed by atoms with E-state index >= 15 is 0 Å². The highest BCUT2D eigenvalue weighted by Crippen LogP contribution is 2.45. The Kier molecular flexibility index (Phi) is 6.54. The molecule has 0 radical (unpaired) electrons. The summed E-state index contributed by atoms with van der Waals surface area (Å²) < 4.78 is 5.46. The van der Waals surface area contributed by atoms with Gasteiger partial charge in [0.1, 0.15) is 0 Å². The van der Waals surface area contributed by atoms with Crippen molar-refractivity contribution in [1.29, 1.82) is 5.26 Å². The minimum absolute atomic E-state index is 0.0713. The number of piperidine rings is 1. The fourth-order valence-electron chi connectivity index (χ4n) is 5.17. The highest BCUT2D eigenvalue weighted by Gasteiger charge is 2.31. The number of ether oxygens (including phenoxy) is 1. The molecule has 2 aromatic carbocycles. The zero-order valence-electron chi connectivity index (χ0n) is 20.4. The first-order valence-electron chi connectivity index (χ1n) is 12.6. The molecule has 1 aliphatic heterocycles. The molecule has 180 valence electrons. The number of aromatic nitrogens is 3. The highest BCUT2D eigenvalue weighted by molar-refractivity contribution is 5.97. The molecule has 0 atom stereocenters. The van der Waals surface area contributed by atoms with Crippen LogP contribution in [0.25, 0.3) is 11.4 Å². The predicted molar refractivity (Wildman–Crippen MR) is 133 cm³/mol. The van der Waals surface area contributed by atoms with Crippen LogP contribution in [0.3, 0.4) is 0 Å². The number of nitrogens with one attached hydrogen (secondary N) is 1. The maximum Gasteiger partial charge on any atom is 0.335 e. The Balaban J connectivity index is 1.41. The maximum atomic E-state index is 13.7. The Morgan fingerprint density at radius 1 is 1.11 bits per heavy atom. The van der Waals surface area contributed by atoms with Gasteiger partial charge in [0, 0.05) is 24.2 Å². The van der Waals surface area contributed by atoms with Crippen molar-refractivity contribution in [3.8, 4) is 23.5 Å². The standard InChI is InChI=1S/C28H31N5O2/c1-3-18-15-23(19-9-10-19)25(26-30-28(32-31-26)35-4-2)16-24(18)27(34)33-13-11-20(12-14-33)22-8-6-5-7-21(22)17-29/h5-8,15-16,19-20H,3-4,9-14H2,1-2H3,(H,30,31,32). The number of rotatable bonds is 7. The maximum absolute atomic E-state index is 13.7. The molecular weight excluding hydrogens is 438 g/mol. The smallest absolute Gasteiger partial charge is 0.335 e. The van der Waals surface area contributed by atoms with Gasteiger partial charge in [-0.25, -0.2) is 0 Å². The lowest BCUT2D eigenvalue weighted by atomic mass is 9.86. The van der Waals surface area contributed by atoms with Crippen molar-refractivity contribution in [1.82, 2.24) is 20.1 Å². The van der Waals surface area contributed by atoms with E-state index in [1.54, 1.807) is 0 Å². The normalized spacial score (nSPS) is 16.2. The second kappa shape index (κ2) is 9.91. The van der Waals surface area contributed by atoms with E-state index in [2.05, 4.69) is 34.2 Å². The topological polar surface area (TPSA) is 94.9 Å². The minimum Gasteiger partial charge on any atom is -0.463 e. The van der Waals surface area contributed by atoms with E-state index in [1.165, 1.54) is 5.56 Å². The van der Waals surface area contributed by atoms with E-state index in [0.717, 1.165) is 59.9 Å². The molecule has 1 saturated heterocycles. The lowest BCUT2D eigenvalue weighted by Gasteiger charge is -2.33. The Morgan fingerprint density at radius 2 is 1.86 bits per heavy atom. The number of nitrogens with zero attached hydrogens (tertiary/aromatic N) is 4. The number of carbonyl (C=O) groups excluding carboxylic acids is 1. The van der Waals surface area contributed by atoms with Crippen molar-refractivity contribution < 1.29 is 9.53 Å². The van der Waals surface area contributed by atoms with Gasteiger partial charge >= 0.3 is 6.01 Å². The van der Waals surface area contributed by atoms with Crippen LogP contribution in [0.2, 0.25) is 0 Å². The number of hydrogen-bond donors (Lipinski definition) is 1. The molecule has 0 spiro atoms. The van der Waals surface area contributed by atoms with E-state index in [1.807, 2.05) is 42.2 Å². The number of aromatic amines is 1. The Labute approximate surface area is 206 Å². The predicted octanol–water partition coefficient (Wildman–Crippen LogP) is 5.20. The second-order valence-corrected chi connectivity index (χ2v) is 9.39. The molecule has 7 heteroatoms. The summed E-state index contributed by atoms with van der Waals surface area (Å²) >= 11 is 0. The molecule has 1 N–H and O–H groups in total. The van der Waals surface area contributed by atoms with Gasteiger partial charge in [0.05, 0.1) is 18.2 Å². The number of amides is 1. The van der Waals surface area contributed by atoms with Crippen LogP contribution in [0.15, 0.2) is 36.4 Å². The largest absolute Gasteiger partial charge is 0.463 e. The van der Waals surface area contributed by atoms with E-state index in [4.69, 9.17) is 4.74 Å². The number of H-pyrrole nitrogens is 1. The molecule has 2 fully saturated rings. The summed E-state index contributed by atoms with van der Waals surface area (Å²) in [5.41, 5.74) is 5.86. The van der Waals surface area contributed by atoms with Crippen LogP contribution in [0.1, 0.15) is 84.0 Å². The first kappa shape index (κ1) is 23.1. The van der Waals surface area contributed by atoms with Gasteiger partial charge in [0.2, 0.25) is 0 Å². The van der Waals surface area contributed by atoms with Crippen LogP contribution in [0, 0.1) is 11.3 Å². The van der Waals surface area contributed by atoms with Crippen molar-refractivity contribution in [3.05, 3.63) is 64.2 Å². The first-order chi connectivity index (χ1) is 17.1. The van der Waals surface area contributed by atoms with E-state index < -0.39 is 0 Å². The van der Waals surface area contributed by atoms with Gasteiger partial charge in [-0.15, -0.1) is 5.10 Å². The number of hydrogen-bond acceptors (Lipinski definition) is 5. The molecule has 2 heterocycles. The summed E-state index contributed by atoms with van der Waals surface area (Å²) in [6.07, 6.45) is 4.84. The van der Waals surface area contributed by atoms with Crippen LogP contribution in [-0.4, -0.2) is 45.7 Å². The molecule has 2 aliphatic rings. The number of likely N-dealkylation sites (tertiary alicyclic amines) is 1. The van der Waals surface area contributed by atoms with E-state index in [-0.39, 0.29) is 5.91 Å². The van der Waals surface area contributed by atoms with Gasteiger partial charge in [-0.05, 0) is 79.7 Å². The number of aryl methyl sites for hydroxylation is 1. The summed E-state index contributed by atoms with van der Waals surface area (Å²) in [6, 6.07) is 14.7. The number of nitriles is 1. The summed E-state index contributed by atoms with van der Waals surface area (Å²) in [4.78, 5) is 20.2. The molecule has 7 nitrogen and oxygen atoms in total. The van der Waals surface area contributed by atoms with Crippen molar-refractivity contribution in [2.75, 3.05) is 19.7 Å². The summed E-state index contributed by atoms with van der Waals surface area (Å²) in [5.74, 6) is 1.54. The molecule has 5 rings (SSSR count). The molecule has 0 unspecified atom stereocenters. The van der Waals surface area contributed by atoms with Crippen LogP contribution in [0.4, 0.5) is 0 Å². The highest BCUT2D eigenvalue weighted by atomic mass is 16.5. The number of carbonyl (C=O) groups is 1. The molecule has 3 aromatic rings. The average Bonchev–Trinajstić information content (AvgIpc) is 3.66. The fourth-order valence-corrected chi connectivity index (χ4v) is 5.17. The van der Waals surface area contributed by atoms with Crippen LogP contribution in [0.5, 0.6) is 6.01 Å². The van der Waals surface area contributed by atoms with Crippen LogP contribution >= 0.6 is 0 Å². The lowest BCUT2D eigenvalue weighted by molar-refractivity contribution is 0.0712. The monoisotopic (exact) mass is 469 g/mol. The average molecular weight is 470 g/mol. The van der Waals surface area contributed by atoms with E-state index in [9.17, 15) is 10.1 Å². The SMILES string of the molecule is CCOc1n[nH]c(-c2cc(C(=O)N3CCC(c4ccccc4C#N)CC3)c(CC)cc2C2CC2)n1.